The van der Waals surface area contributed by atoms with Crippen LogP contribution in [0.1, 0.15) is 27.2 Å². The van der Waals surface area contributed by atoms with Crippen molar-refractivity contribution in [3.8, 4) is 0 Å². The quantitative estimate of drug-likeness (QED) is 0.665. The molecule has 0 heterocycles. The van der Waals surface area contributed by atoms with E-state index < -0.39 is 0 Å². The van der Waals surface area contributed by atoms with Gasteiger partial charge in [0.1, 0.15) is 0 Å². The number of hydrogen-bond donors (Lipinski definition) is 1. The molecular formula is C9H20N2S. The number of nitrogens with zero attached hydrogens (tertiary/aromatic N) is 1. The van der Waals surface area contributed by atoms with Gasteiger partial charge in [0, 0.05) is 6.54 Å². The summed E-state index contributed by atoms with van der Waals surface area (Å²) in [4.78, 5) is 2.79. The highest BCUT2D eigenvalue weighted by Gasteiger charge is 2.13. The zero-order valence-corrected chi connectivity index (χ0v) is 9.32. The summed E-state index contributed by atoms with van der Waals surface area (Å²) < 4.78 is 0. The van der Waals surface area contributed by atoms with Crippen molar-refractivity contribution < 1.29 is 0 Å². The van der Waals surface area contributed by atoms with Crippen molar-refractivity contribution in [3.05, 3.63) is 0 Å². The lowest BCUT2D eigenvalue weighted by Gasteiger charge is -2.26. The van der Waals surface area contributed by atoms with Crippen LogP contribution in [0.2, 0.25) is 0 Å². The van der Waals surface area contributed by atoms with Crippen LogP contribution in [0.15, 0.2) is 0 Å². The SMILES string of the molecule is CCC(C)CN(C)C(C)C(N)=S. The minimum absolute atomic E-state index is 0.217. The second-order valence-electron chi connectivity index (χ2n) is 3.53. The highest BCUT2D eigenvalue weighted by molar-refractivity contribution is 7.80. The van der Waals surface area contributed by atoms with Crippen molar-refractivity contribution in [2.45, 2.75) is 33.2 Å². The van der Waals surface area contributed by atoms with Gasteiger partial charge >= 0.3 is 0 Å². The van der Waals surface area contributed by atoms with Crippen LogP contribution in [-0.4, -0.2) is 29.5 Å². The molecule has 2 nitrogen and oxygen atoms in total. The molecule has 2 unspecified atom stereocenters. The molecule has 0 rings (SSSR count). The van der Waals surface area contributed by atoms with Gasteiger partial charge in [-0.15, -0.1) is 0 Å². The Hall–Kier alpha value is -0.150. The summed E-state index contributed by atoms with van der Waals surface area (Å²) in [5, 5.41) is 0. The standard InChI is InChI=1S/C9H20N2S/c1-5-7(2)6-11(4)8(3)9(10)12/h7-8H,5-6H2,1-4H3,(H2,10,12). The van der Waals surface area contributed by atoms with Gasteiger partial charge in [0.2, 0.25) is 0 Å². The second kappa shape index (κ2) is 5.49. The lowest BCUT2D eigenvalue weighted by atomic mass is 10.1. The largest absolute Gasteiger partial charge is 0.392 e. The van der Waals surface area contributed by atoms with Crippen LogP contribution in [0.25, 0.3) is 0 Å². The van der Waals surface area contributed by atoms with Gasteiger partial charge in [-0.1, -0.05) is 32.5 Å². The van der Waals surface area contributed by atoms with Crippen molar-refractivity contribution in [2.75, 3.05) is 13.6 Å². The molecule has 3 heteroatoms. The van der Waals surface area contributed by atoms with E-state index in [2.05, 4.69) is 25.8 Å². The molecule has 12 heavy (non-hydrogen) atoms. The Morgan fingerprint density at radius 2 is 2.00 bits per heavy atom. The Balaban J connectivity index is 3.86. The number of thiocarbonyl (C=S) groups is 1. The maximum absolute atomic E-state index is 5.54. The number of hydrogen-bond acceptors (Lipinski definition) is 2. The first-order valence-corrected chi connectivity index (χ1v) is 4.89. The van der Waals surface area contributed by atoms with Crippen molar-refractivity contribution in [1.29, 1.82) is 0 Å². The van der Waals surface area contributed by atoms with Gasteiger partial charge in [0.05, 0.1) is 11.0 Å². The van der Waals surface area contributed by atoms with Crippen LogP contribution in [-0.2, 0) is 0 Å². The van der Waals surface area contributed by atoms with Crippen molar-refractivity contribution >= 4 is 17.2 Å². The molecule has 0 aliphatic rings. The summed E-state index contributed by atoms with van der Waals surface area (Å²) in [6, 6.07) is 0.217. The van der Waals surface area contributed by atoms with E-state index in [4.69, 9.17) is 18.0 Å². The summed E-state index contributed by atoms with van der Waals surface area (Å²) >= 11 is 4.92. The molecule has 2 N–H and O–H groups in total. The molecule has 0 bridgehead atoms. The van der Waals surface area contributed by atoms with Crippen molar-refractivity contribution in [2.24, 2.45) is 11.7 Å². The Morgan fingerprint density at radius 1 is 1.50 bits per heavy atom. The molecular weight excluding hydrogens is 168 g/mol. The van der Waals surface area contributed by atoms with E-state index in [1.54, 1.807) is 0 Å². The van der Waals surface area contributed by atoms with E-state index in [1.807, 2.05) is 6.92 Å². The molecule has 0 aliphatic carbocycles. The number of likely N-dealkylation sites (N-methyl/N-ethyl adjacent to an activating group) is 1. The molecule has 0 aliphatic heterocycles. The molecule has 72 valence electrons. The van der Waals surface area contributed by atoms with E-state index in [9.17, 15) is 0 Å². The third kappa shape index (κ3) is 4.02. The third-order valence-electron chi connectivity index (χ3n) is 2.37. The molecule has 0 amide bonds. The fraction of sp³-hybridized carbons (Fsp3) is 0.889. The summed E-state index contributed by atoms with van der Waals surface area (Å²) in [5.74, 6) is 0.715. The zero-order chi connectivity index (χ0) is 9.72. The van der Waals surface area contributed by atoms with Gasteiger partial charge in [0.15, 0.2) is 0 Å². The monoisotopic (exact) mass is 188 g/mol. The van der Waals surface area contributed by atoms with E-state index in [1.165, 1.54) is 6.42 Å². The average molecular weight is 188 g/mol. The normalized spacial score (nSPS) is 16.1. The van der Waals surface area contributed by atoms with Crippen LogP contribution in [0.4, 0.5) is 0 Å². The molecule has 0 saturated carbocycles. The summed E-state index contributed by atoms with van der Waals surface area (Å²) in [6.07, 6.45) is 1.20. The molecule has 0 aromatic rings. The molecule has 0 spiro atoms. The predicted molar refractivity (Wildman–Crippen MR) is 58.3 cm³/mol. The minimum Gasteiger partial charge on any atom is -0.392 e. The first-order chi connectivity index (χ1) is 5.49. The zero-order valence-electron chi connectivity index (χ0n) is 8.50. The average Bonchev–Trinajstić information content (AvgIpc) is 2.02. The highest BCUT2D eigenvalue weighted by Crippen LogP contribution is 2.05. The molecule has 2 atom stereocenters. The fourth-order valence-corrected chi connectivity index (χ4v) is 1.18. The maximum Gasteiger partial charge on any atom is 0.0899 e. The van der Waals surface area contributed by atoms with Gasteiger partial charge in [0.25, 0.3) is 0 Å². The smallest absolute Gasteiger partial charge is 0.0899 e. The first kappa shape index (κ1) is 11.8. The van der Waals surface area contributed by atoms with E-state index in [0.29, 0.717) is 10.9 Å². The van der Waals surface area contributed by atoms with Crippen molar-refractivity contribution in [3.63, 3.8) is 0 Å². The molecule has 0 aromatic carbocycles. The Morgan fingerprint density at radius 3 is 2.33 bits per heavy atom. The fourth-order valence-electron chi connectivity index (χ4n) is 0.996. The van der Waals surface area contributed by atoms with Gasteiger partial charge in [-0.05, 0) is 19.9 Å². The van der Waals surface area contributed by atoms with E-state index in [0.717, 1.165) is 6.54 Å². The van der Waals surface area contributed by atoms with Crippen molar-refractivity contribution in [1.82, 2.24) is 4.90 Å². The maximum atomic E-state index is 5.54. The summed E-state index contributed by atoms with van der Waals surface area (Å²) in [5.41, 5.74) is 5.54. The lowest BCUT2D eigenvalue weighted by Crippen LogP contribution is -2.41. The second-order valence-corrected chi connectivity index (χ2v) is 4.00. The lowest BCUT2D eigenvalue weighted by molar-refractivity contribution is 0.264. The predicted octanol–water partition coefficient (Wildman–Crippen LogP) is 1.64. The third-order valence-corrected chi connectivity index (χ3v) is 2.71. The van der Waals surface area contributed by atoms with Gasteiger partial charge in [-0.3, -0.25) is 4.90 Å². The van der Waals surface area contributed by atoms with Crippen LogP contribution >= 0.6 is 12.2 Å². The van der Waals surface area contributed by atoms with Gasteiger partial charge in [-0.25, -0.2) is 0 Å². The minimum atomic E-state index is 0.217. The Labute approximate surface area is 81.1 Å². The van der Waals surface area contributed by atoms with Gasteiger partial charge < -0.3 is 5.73 Å². The molecule has 0 aromatic heterocycles. The Kier molecular flexibility index (Phi) is 5.42. The van der Waals surface area contributed by atoms with E-state index in [-0.39, 0.29) is 6.04 Å². The molecule has 0 radical (unpaired) electrons. The van der Waals surface area contributed by atoms with Crippen LogP contribution in [0, 0.1) is 5.92 Å². The van der Waals surface area contributed by atoms with Crippen LogP contribution in [0.5, 0.6) is 0 Å². The van der Waals surface area contributed by atoms with Gasteiger partial charge in [-0.2, -0.15) is 0 Å². The first-order valence-electron chi connectivity index (χ1n) is 4.48. The highest BCUT2D eigenvalue weighted by atomic mass is 32.1. The molecule has 0 fully saturated rings. The Bertz CT molecular complexity index is 147. The summed E-state index contributed by atoms with van der Waals surface area (Å²) in [6.45, 7) is 7.55. The van der Waals surface area contributed by atoms with Crippen LogP contribution < -0.4 is 5.73 Å². The summed E-state index contributed by atoms with van der Waals surface area (Å²) in [7, 11) is 2.07. The van der Waals surface area contributed by atoms with E-state index >= 15 is 0 Å². The topological polar surface area (TPSA) is 29.3 Å². The number of rotatable bonds is 5. The number of nitrogens with two attached hydrogens (primary N) is 1. The van der Waals surface area contributed by atoms with Crippen LogP contribution in [0.3, 0.4) is 0 Å². The molecule has 0 saturated heterocycles.